The van der Waals surface area contributed by atoms with Gasteiger partial charge in [-0.15, -0.1) is 11.6 Å². The number of benzene rings is 2. The number of alkyl halides is 1. The van der Waals surface area contributed by atoms with Gasteiger partial charge in [-0.3, -0.25) is 9.59 Å². The normalized spacial score (nSPS) is 19.2. The van der Waals surface area contributed by atoms with Crippen LogP contribution in [-0.4, -0.2) is 35.2 Å². The summed E-state index contributed by atoms with van der Waals surface area (Å²) >= 11 is 12.5. The maximum Gasteiger partial charge on any atom is 0.247 e. The van der Waals surface area contributed by atoms with E-state index in [2.05, 4.69) is 12.2 Å². The molecular formula is C26H32Cl2N2O2. The molecule has 0 heterocycles. The summed E-state index contributed by atoms with van der Waals surface area (Å²) in [5, 5.41) is 3.69. The SMILES string of the molecule is Cc1ccc(CCN(C(=O)CCl)[C@H](C(=O)N[C@H]2CCCC[C@H]2C)c2ccccc2Cl)cc1. The molecule has 0 aliphatic heterocycles. The Morgan fingerprint density at radius 1 is 1.09 bits per heavy atom. The molecule has 6 heteroatoms. The van der Waals surface area contributed by atoms with E-state index in [-0.39, 0.29) is 23.7 Å². The minimum Gasteiger partial charge on any atom is -0.351 e. The number of hydrogen-bond acceptors (Lipinski definition) is 2. The molecule has 172 valence electrons. The molecule has 1 N–H and O–H groups in total. The van der Waals surface area contributed by atoms with E-state index < -0.39 is 6.04 Å². The molecule has 0 unspecified atom stereocenters. The molecule has 0 spiro atoms. The molecule has 1 aliphatic carbocycles. The molecule has 0 bridgehead atoms. The summed E-state index contributed by atoms with van der Waals surface area (Å²) in [5.74, 6) is -0.263. The van der Waals surface area contributed by atoms with Crippen LogP contribution in [-0.2, 0) is 16.0 Å². The van der Waals surface area contributed by atoms with Gasteiger partial charge < -0.3 is 10.2 Å². The molecule has 1 aliphatic rings. The predicted molar refractivity (Wildman–Crippen MR) is 131 cm³/mol. The van der Waals surface area contributed by atoms with Crippen molar-refractivity contribution in [1.29, 1.82) is 0 Å². The zero-order valence-corrected chi connectivity index (χ0v) is 20.3. The standard InChI is InChI=1S/C26H32Cl2N2O2/c1-18-11-13-20(14-12-18)15-16-30(24(31)17-27)25(21-8-4-5-9-22(21)28)26(32)29-23-10-6-3-7-19(23)2/h4-5,8-9,11-14,19,23,25H,3,6-7,10,15-17H2,1-2H3,(H,29,32)/t19-,23+,25+/m1/s1. The highest BCUT2D eigenvalue weighted by atomic mass is 35.5. The van der Waals surface area contributed by atoms with Crippen LogP contribution in [0.1, 0.15) is 55.3 Å². The lowest BCUT2D eigenvalue weighted by atomic mass is 9.85. The number of nitrogens with one attached hydrogen (secondary N) is 1. The van der Waals surface area contributed by atoms with Crippen molar-refractivity contribution < 1.29 is 9.59 Å². The van der Waals surface area contributed by atoms with Crippen molar-refractivity contribution in [2.75, 3.05) is 12.4 Å². The highest BCUT2D eigenvalue weighted by Gasteiger charge is 2.34. The summed E-state index contributed by atoms with van der Waals surface area (Å²) in [6, 6.07) is 14.7. The average Bonchev–Trinajstić information content (AvgIpc) is 2.79. The molecule has 3 rings (SSSR count). The first-order valence-corrected chi connectivity index (χ1v) is 12.3. The van der Waals surface area contributed by atoms with Crippen molar-refractivity contribution >= 4 is 35.0 Å². The minimum atomic E-state index is -0.825. The Kier molecular flexibility index (Phi) is 9.01. The van der Waals surface area contributed by atoms with Crippen LogP contribution in [0.15, 0.2) is 48.5 Å². The number of carbonyl (C=O) groups excluding carboxylic acids is 2. The topological polar surface area (TPSA) is 49.4 Å². The second-order valence-electron chi connectivity index (χ2n) is 8.76. The number of aryl methyl sites for hydroxylation is 1. The van der Waals surface area contributed by atoms with Gasteiger partial charge in [0.2, 0.25) is 11.8 Å². The fraction of sp³-hybridized carbons (Fsp3) is 0.462. The molecule has 1 fully saturated rings. The van der Waals surface area contributed by atoms with Gasteiger partial charge in [-0.1, -0.05) is 79.4 Å². The minimum absolute atomic E-state index is 0.103. The Labute approximate surface area is 201 Å². The van der Waals surface area contributed by atoms with Crippen LogP contribution in [0.3, 0.4) is 0 Å². The molecule has 3 atom stereocenters. The lowest BCUT2D eigenvalue weighted by Gasteiger charge is -2.35. The van der Waals surface area contributed by atoms with Gasteiger partial charge in [0, 0.05) is 23.2 Å². The van der Waals surface area contributed by atoms with Crippen LogP contribution in [0.4, 0.5) is 0 Å². The van der Waals surface area contributed by atoms with Gasteiger partial charge in [0.25, 0.3) is 0 Å². The number of rotatable bonds is 8. The molecule has 2 aromatic rings. The van der Waals surface area contributed by atoms with Crippen LogP contribution in [0.5, 0.6) is 0 Å². The maximum absolute atomic E-state index is 13.6. The molecule has 0 saturated heterocycles. The second-order valence-corrected chi connectivity index (χ2v) is 9.43. The van der Waals surface area contributed by atoms with Gasteiger partial charge in [0.15, 0.2) is 0 Å². The van der Waals surface area contributed by atoms with E-state index in [1.807, 2.05) is 49.4 Å². The molecule has 0 aromatic heterocycles. The van der Waals surface area contributed by atoms with Crippen molar-refractivity contribution in [3.05, 3.63) is 70.2 Å². The summed E-state index contributed by atoms with van der Waals surface area (Å²) < 4.78 is 0. The van der Waals surface area contributed by atoms with Crippen LogP contribution < -0.4 is 5.32 Å². The van der Waals surface area contributed by atoms with Crippen LogP contribution in [0.25, 0.3) is 0 Å². The van der Waals surface area contributed by atoms with E-state index in [4.69, 9.17) is 23.2 Å². The fourth-order valence-corrected chi connectivity index (χ4v) is 4.81. The number of amides is 2. The number of nitrogens with zero attached hydrogens (tertiary/aromatic N) is 1. The van der Waals surface area contributed by atoms with Crippen LogP contribution in [0, 0.1) is 12.8 Å². The van der Waals surface area contributed by atoms with Crippen molar-refractivity contribution in [3.8, 4) is 0 Å². The average molecular weight is 475 g/mol. The van der Waals surface area contributed by atoms with Crippen molar-refractivity contribution in [2.45, 2.75) is 58.0 Å². The molecular weight excluding hydrogens is 443 g/mol. The van der Waals surface area contributed by atoms with Crippen molar-refractivity contribution in [1.82, 2.24) is 10.2 Å². The van der Waals surface area contributed by atoms with Gasteiger partial charge in [0.1, 0.15) is 11.9 Å². The Morgan fingerprint density at radius 3 is 2.44 bits per heavy atom. The van der Waals surface area contributed by atoms with Gasteiger partial charge in [-0.25, -0.2) is 0 Å². The van der Waals surface area contributed by atoms with Gasteiger partial charge in [-0.05, 0) is 43.7 Å². The van der Waals surface area contributed by atoms with Gasteiger partial charge in [0.05, 0.1) is 0 Å². The van der Waals surface area contributed by atoms with E-state index >= 15 is 0 Å². The highest BCUT2D eigenvalue weighted by molar-refractivity contribution is 6.31. The summed E-state index contributed by atoms with van der Waals surface area (Å²) in [6.45, 7) is 4.59. The summed E-state index contributed by atoms with van der Waals surface area (Å²) in [5.41, 5.74) is 2.90. The smallest absolute Gasteiger partial charge is 0.247 e. The Hall–Kier alpha value is -2.04. The van der Waals surface area contributed by atoms with Crippen molar-refractivity contribution in [3.63, 3.8) is 0 Å². The van der Waals surface area contributed by atoms with E-state index in [1.54, 1.807) is 11.0 Å². The van der Waals surface area contributed by atoms with Crippen LogP contribution >= 0.6 is 23.2 Å². The lowest BCUT2D eigenvalue weighted by Crippen LogP contribution is -2.49. The third-order valence-electron chi connectivity index (χ3n) is 6.40. The summed E-state index contributed by atoms with van der Waals surface area (Å²) in [7, 11) is 0. The van der Waals surface area contributed by atoms with Crippen LogP contribution in [0.2, 0.25) is 5.02 Å². The third kappa shape index (κ3) is 6.26. The Balaban J connectivity index is 1.90. The van der Waals surface area contributed by atoms with E-state index in [0.29, 0.717) is 29.5 Å². The first kappa shape index (κ1) is 24.6. The molecule has 1 saturated carbocycles. The molecule has 2 aromatic carbocycles. The van der Waals surface area contributed by atoms with Crippen molar-refractivity contribution in [2.24, 2.45) is 5.92 Å². The Morgan fingerprint density at radius 2 is 1.78 bits per heavy atom. The third-order valence-corrected chi connectivity index (χ3v) is 6.97. The van der Waals surface area contributed by atoms with Gasteiger partial charge >= 0.3 is 0 Å². The Bertz CT molecular complexity index is 916. The quantitative estimate of drug-likeness (QED) is 0.499. The highest BCUT2D eigenvalue weighted by Crippen LogP contribution is 2.30. The maximum atomic E-state index is 13.6. The second kappa shape index (κ2) is 11.7. The fourth-order valence-electron chi connectivity index (χ4n) is 4.42. The monoisotopic (exact) mass is 474 g/mol. The zero-order chi connectivity index (χ0) is 23.1. The molecule has 4 nitrogen and oxygen atoms in total. The first-order chi connectivity index (χ1) is 15.4. The van der Waals surface area contributed by atoms with E-state index in [9.17, 15) is 9.59 Å². The molecule has 0 radical (unpaired) electrons. The molecule has 32 heavy (non-hydrogen) atoms. The predicted octanol–water partition coefficient (Wildman–Crippen LogP) is 5.69. The number of carbonyl (C=O) groups is 2. The van der Waals surface area contributed by atoms with E-state index in [0.717, 1.165) is 24.8 Å². The largest absolute Gasteiger partial charge is 0.351 e. The summed E-state index contributed by atoms with van der Waals surface area (Å²) in [4.78, 5) is 28.1. The van der Waals surface area contributed by atoms with Gasteiger partial charge in [-0.2, -0.15) is 0 Å². The lowest BCUT2D eigenvalue weighted by molar-refractivity contribution is -0.139. The number of halogens is 2. The first-order valence-electron chi connectivity index (χ1n) is 11.4. The zero-order valence-electron chi connectivity index (χ0n) is 18.8. The summed E-state index contributed by atoms with van der Waals surface area (Å²) in [6.07, 6.45) is 4.96. The van der Waals surface area contributed by atoms with E-state index in [1.165, 1.54) is 12.0 Å². The molecule has 2 amide bonds. The number of hydrogen-bond donors (Lipinski definition) is 1.